The fraction of sp³-hybridized carbons (Fsp3) is 0.714. The van der Waals surface area contributed by atoms with Gasteiger partial charge in [0, 0.05) is 134 Å². The van der Waals surface area contributed by atoms with Gasteiger partial charge in [0.15, 0.2) is 18.2 Å². The highest BCUT2D eigenvalue weighted by molar-refractivity contribution is 7.58. The van der Waals surface area contributed by atoms with Gasteiger partial charge in [-0.15, -0.1) is 5.10 Å². The van der Waals surface area contributed by atoms with Crippen LogP contribution < -0.4 is 15.8 Å². The van der Waals surface area contributed by atoms with Crippen molar-refractivity contribution in [2.45, 2.75) is 212 Å². The molecule has 3 unspecified atom stereocenters. The highest BCUT2D eigenvalue weighted by Crippen LogP contribution is 2.51. The summed E-state index contributed by atoms with van der Waals surface area (Å²) in [5.41, 5.74) is 0.395. The van der Waals surface area contributed by atoms with Crippen LogP contribution in [0.1, 0.15) is 211 Å². The SMILES string of the molecule is CC(C)(C)[Si](F)(c1ccc(C(=O)NC[C@@H](C(=O)C[C@@H](CCCCCC(=O)CCCCCCC(=O)NCCCC[C@H](CC(=O)C[C@@H](CCC(=O)O)C(=O)O)C(=O)O)C(=O)O)n2cc(CCC(=O)CCP(=O)(O)CN3CCN(C[P+](=O)CCC(=O)O)CCN(CP(=O)(O)CCC(=O)O)CC3)nn2)cc1)C(C)(C)C. The molecule has 1 fully saturated rings. The molecular weight excluding hydrogens is 1460 g/mol. The van der Waals surface area contributed by atoms with E-state index in [1.165, 1.54) is 23.0 Å². The van der Waals surface area contributed by atoms with E-state index >= 15 is 4.11 Å². The second kappa shape index (κ2) is 46.0. The van der Waals surface area contributed by atoms with Gasteiger partial charge < -0.3 is 55.2 Å². The van der Waals surface area contributed by atoms with Crippen molar-refractivity contribution in [2.75, 3.05) is 89.7 Å². The second-order valence-corrected chi connectivity index (χ2v) is 41.3. The molecule has 0 aliphatic carbocycles. The number of hydrogen-bond acceptors (Lipinski definition) is 20. The Labute approximate surface area is 621 Å². The largest absolute Gasteiger partial charge is 0.481 e. The van der Waals surface area contributed by atoms with Gasteiger partial charge in [-0.1, -0.05) is 95.6 Å². The van der Waals surface area contributed by atoms with Crippen LogP contribution in [0.2, 0.25) is 10.1 Å². The van der Waals surface area contributed by atoms with E-state index in [0.717, 1.165) is 0 Å². The summed E-state index contributed by atoms with van der Waals surface area (Å²) in [6.07, 6.45) is 1.98. The van der Waals surface area contributed by atoms with Gasteiger partial charge in [0.05, 0.1) is 48.9 Å². The third-order valence-electron chi connectivity index (χ3n) is 18.9. The number of carbonyl (C=O) groups excluding carboxylic acids is 6. The van der Waals surface area contributed by atoms with Crippen LogP contribution in [0.5, 0.6) is 0 Å². The Hall–Kier alpha value is -6.69. The molecule has 7 atom stereocenters. The lowest BCUT2D eigenvalue weighted by molar-refractivity contribution is -0.146. The molecule has 3 rings (SSSR count). The zero-order valence-corrected chi connectivity index (χ0v) is 65.9. The number of nitrogens with zero attached hydrogens (tertiary/aromatic N) is 6. The van der Waals surface area contributed by atoms with Crippen molar-refractivity contribution in [1.82, 2.24) is 40.3 Å². The molecule has 36 heteroatoms. The van der Waals surface area contributed by atoms with Crippen LogP contribution in [0.3, 0.4) is 0 Å². The Morgan fingerprint density at radius 2 is 1.01 bits per heavy atom. The standard InChI is InChI=1S/C70H112FN8O23P3Si/c1-69(2,3)106(71,70(4,5)6)58-26-21-50(22-27-58)65(91)73-45-59(79-46-54(74-75-79)24-25-56(81)30-40-104(99,100)48-77-35-33-76(47-103(98)39-29-63(87)88)34-36-78(38-37-77)49-105(101,102)41-31-64(89)90)60(83)44-52(67(94)95)16-10-9-12-19-55(80)18-11-7-8-13-20-61(84)72-32-15-14-17-51(66(92)93)42-57(82)43-53(68(96)97)23-28-62(85)86/h21-22,26-27,46,51-53,59H,7-20,23-25,28-45,47-49H2,1-6H3,(H9-,72,73,84,85,86,87,88,89,90,91,92,93,94,95,96,97,99,100,101,102)/p+1/t51-,52-,53-,59+/m1/s1. The number of nitrogens with one attached hydrogen (secondary N) is 2. The van der Waals surface area contributed by atoms with Gasteiger partial charge in [0.1, 0.15) is 23.4 Å². The van der Waals surface area contributed by atoms with Crippen LogP contribution in [0.15, 0.2) is 30.5 Å². The molecule has 10 N–H and O–H groups in total. The quantitative estimate of drug-likeness (QED) is 0.0128. The molecule has 1 aromatic carbocycles. The van der Waals surface area contributed by atoms with E-state index in [9.17, 15) is 96.3 Å². The normalized spacial score (nSPS) is 16.1. The first kappa shape index (κ1) is 93.5. The average Bonchev–Trinajstić information content (AvgIpc) is 0.892. The van der Waals surface area contributed by atoms with Crippen molar-refractivity contribution in [3.05, 3.63) is 41.7 Å². The van der Waals surface area contributed by atoms with Crippen LogP contribution in [0.25, 0.3) is 0 Å². The summed E-state index contributed by atoms with van der Waals surface area (Å²) in [6, 6.07) is 4.92. The minimum atomic E-state index is -4.08. The van der Waals surface area contributed by atoms with Crippen molar-refractivity contribution in [1.29, 1.82) is 0 Å². The van der Waals surface area contributed by atoms with Crippen molar-refractivity contribution >= 4 is 107 Å². The summed E-state index contributed by atoms with van der Waals surface area (Å²) < 4.78 is 58.0. The zero-order chi connectivity index (χ0) is 79.6. The topological polar surface area (TPSA) is 482 Å². The first-order chi connectivity index (χ1) is 49.5. The molecule has 31 nitrogen and oxygen atoms in total. The van der Waals surface area contributed by atoms with Crippen LogP contribution in [0, 0.1) is 17.8 Å². The molecule has 1 aliphatic heterocycles. The Balaban J connectivity index is 1.59. The lowest BCUT2D eigenvalue weighted by Gasteiger charge is -2.44. The van der Waals surface area contributed by atoms with Crippen molar-refractivity contribution < 1.29 is 116 Å². The second-order valence-electron chi connectivity index (χ2n) is 29.9. The van der Waals surface area contributed by atoms with E-state index in [-0.39, 0.29) is 165 Å². The first-order valence-electron chi connectivity index (χ1n) is 36.4. The molecule has 0 saturated carbocycles. The Morgan fingerprint density at radius 3 is 1.52 bits per heavy atom. The van der Waals surface area contributed by atoms with Gasteiger partial charge in [-0.2, -0.15) is 0 Å². The molecule has 0 radical (unpaired) electrons. The Kier molecular flexibility index (Phi) is 40.5. The number of aromatic nitrogens is 3. The van der Waals surface area contributed by atoms with E-state index in [4.69, 9.17) is 15.3 Å². The number of aliphatic carboxylic acids is 6. The lowest BCUT2D eigenvalue weighted by Crippen LogP contribution is -2.57. The third-order valence-corrected chi connectivity index (χ3v) is 29.2. The van der Waals surface area contributed by atoms with Crippen LogP contribution >= 0.6 is 22.5 Å². The third kappa shape index (κ3) is 36.0. The summed E-state index contributed by atoms with van der Waals surface area (Å²) in [7, 11) is -13.7. The number of Topliss-reactive ketones (excluding diaryl/α,β-unsaturated/α-hetero) is 4. The van der Waals surface area contributed by atoms with E-state index in [2.05, 4.69) is 20.9 Å². The van der Waals surface area contributed by atoms with Crippen LogP contribution in [-0.4, -0.2) is 239 Å². The summed E-state index contributed by atoms with van der Waals surface area (Å²) >= 11 is 0. The number of carbonyl (C=O) groups is 12. The van der Waals surface area contributed by atoms with Gasteiger partial charge in [0.2, 0.25) is 20.6 Å². The predicted octanol–water partition coefficient (Wildman–Crippen LogP) is 8.40. The predicted molar refractivity (Wildman–Crippen MR) is 394 cm³/mol. The van der Waals surface area contributed by atoms with Crippen LogP contribution in [-0.2, 0) is 72.9 Å². The maximum atomic E-state index is 17.2. The number of benzene rings is 1. The van der Waals surface area contributed by atoms with Gasteiger partial charge in [-0.3, -0.25) is 81.4 Å². The zero-order valence-electron chi connectivity index (χ0n) is 62.2. The minimum absolute atomic E-state index is 0.00160. The molecule has 1 aliphatic rings. The number of halogens is 1. The number of unbranched alkanes of at least 4 members (excludes halogenated alkanes) is 6. The molecular formula is C70H113FN8O23P3Si+. The summed E-state index contributed by atoms with van der Waals surface area (Å²) in [4.78, 5) is 175. The first-order valence-corrected chi connectivity index (χ1v) is 44.0. The number of carboxylic acids is 6. The molecule has 596 valence electrons. The summed E-state index contributed by atoms with van der Waals surface area (Å²) in [6.45, 7) is 12.2. The van der Waals surface area contributed by atoms with Gasteiger partial charge in [0.25, 0.3) is 14.3 Å². The van der Waals surface area contributed by atoms with Crippen LogP contribution in [0.4, 0.5) is 4.11 Å². The minimum Gasteiger partial charge on any atom is -0.481 e. The van der Waals surface area contributed by atoms with E-state index in [1.54, 1.807) is 26.8 Å². The molecule has 2 amide bonds. The number of amides is 2. The average molecular weight is 1570 g/mol. The van der Waals surface area contributed by atoms with Crippen molar-refractivity contribution in [3.8, 4) is 0 Å². The molecule has 0 spiro atoms. The molecule has 106 heavy (non-hydrogen) atoms. The number of rotatable bonds is 54. The monoisotopic (exact) mass is 1570 g/mol. The number of hydrogen-bond donors (Lipinski definition) is 10. The summed E-state index contributed by atoms with van der Waals surface area (Å²) in [5.74, 6) is -13.2. The number of ketones is 4. The number of carboxylic acid groups (broad SMARTS) is 6. The van der Waals surface area contributed by atoms with Gasteiger partial charge >= 0.3 is 43.6 Å². The fourth-order valence-corrected chi connectivity index (χ4v) is 22.1. The maximum Gasteiger partial charge on any atom is 0.354 e. The van der Waals surface area contributed by atoms with Gasteiger partial charge in [-0.05, 0) is 78.8 Å². The maximum absolute atomic E-state index is 17.2. The fourth-order valence-electron chi connectivity index (χ4n) is 13.0. The Bertz CT molecular complexity index is 3390. The summed E-state index contributed by atoms with van der Waals surface area (Å²) in [5, 5.41) is 69.3. The van der Waals surface area contributed by atoms with Crippen molar-refractivity contribution in [2.24, 2.45) is 17.8 Å². The molecule has 1 saturated heterocycles. The Morgan fingerprint density at radius 1 is 0.547 bits per heavy atom. The van der Waals surface area contributed by atoms with E-state index in [1.807, 2.05) is 41.5 Å². The van der Waals surface area contributed by atoms with E-state index < -0.39 is 162 Å². The molecule has 0 bridgehead atoms. The van der Waals surface area contributed by atoms with E-state index in [0.29, 0.717) is 69.4 Å². The van der Waals surface area contributed by atoms with Gasteiger partial charge in [-0.25, -0.2) is 4.68 Å². The number of aryl methyl sites for hydroxylation is 1. The molecule has 1 aromatic heterocycles. The van der Waals surface area contributed by atoms with Crippen molar-refractivity contribution in [3.63, 3.8) is 0 Å². The smallest absolute Gasteiger partial charge is 0.354 e. The molecule has 2 aromatic rings. The highest BCUT2D eigenvalue weighted by Gasteiger charge is 2.56. The lowest BCUT2D eigenvalue weighted by atomic mass is 9.90. The molecule has 2 heterocycles. The highest BCUT2D eigenvalue weighted by atomic mass is 31.2.